The Balaban J connectivity index is 1.54. The summed E-state index contributed by atoms with van der Waals surface area (Å²) in [6.07, 6.45) is 10.9. The van der Waals surface area contributed by atoms with Crippen molar-refractivity contribution in [3.63, 3.8) is 0 Å². The Hall–Kier alpha value is -3.42. The van der Waals surface area contributed by atoms with Crippen molar-refractivity contribution in [3.8, 4) is 11.5 Å². The lowest BCUT2D eigenvalue weighted by molar-refractivity contribution is 0.102. The number of carbonyl (C=O) groups excluding carboxylic acids is 1. The van der Waals surface area contributed by atoms with Crippen molar-refractivity contribution in [1.82, 2.24) is 24.5 Å². The number of nitrogens with one attached hydrogen (secondary N) is 1. The predicted molar refractivity (Wildman–Crippen MR) is 118 cm³/mol. The number of hydrogen-bond acceptors (Lipinski definition) is 5. The van der Waals surface area contributed by atoms with Gasteiger partial charge in [0.2, 0.25) is 0 Å². The van der Waals surface area contributed by atoms with Crippen molar-refractivity contribution in [2.24, 2.45) is 0 Å². The van der Waals surface area contributed by atoms with Crippen molar-refractivity contribution in [3.05, 3.63) is 48.5 Å². The van der Waals surface area contributed by atoms with Gasteiger partial charge in [-0.05, 0) is 44.9 Å². The van der Waals surface area contributed by atoms with Crippen molar-refractivity contribution >= 4 is 22.8 Å². The molecule has 0 saturated heterocycles. The van der Waals surface area contributed by atoms with Crippen LogP contribution in [0.15, 0.2) is 47.3 Å². The van der Waals surface area contributed by atoms with Crippen molar-refractivity contribution in [1.29, 1.82) is 0 Å². The van der Waals surface area contributed by atoms with Gasteiger partial charge in [-0.15, -0.1) is 0 Å². The molecule has 8 heteroatoms. The number of pyridine rings is 1. The molecule has 0 atom stereocenters. The van der Waals surface area contributed by atoms with E-state index in [0.29, 0.717) is 34.1 Å². The maximum Gasteiger partial charge on any atom is 0.257 e. The van der Waals surface area contributed by atoms with Gasteiger partial charge in [0, 0.05) is 12.1 Å². The number of amides is 1. The average molecular weight is 419 g/mol. The van der Waals surface area contributed by atoms with Gasteiger partial charge in [0.05, 0.1) is 35.6 Å². The normalized spacial score (nSPS) is 15.1. The Labute approximate surface area is 180 Å². The molecular weight excluding hydrogens is 392 g/mol. The number of anilines is 1. The molecule has 0 radical (unpaired) electrons. The molecule has 1 aliphatic rings. The molecule has 0 spiro atoms. The first-order valence-electron chi connectivity index (χ1n) is 10.9. The zero-order chi connectivity index (χ0) is 21.4. The molecule has 31 heavy (non-hydrogen) atoms. The second-order valence-electron chi connectivity index (χ2n) is 8.36. The van der Waals surface area contributed by atoms with Gasteiger partial charge < -0.3 is 9.73 Å². The topological polar surface area (TPSA) is 90.8 Å². The molecule has 160 valence electrons. The Bertz CT molecular complexity index is 1200. The van der Waals surface area contributed by atoms with Crippen LogP contribution in [0.4, 0.5) is 5.82 Å². The molecule has 4 heterocycles. The lowest BCUT2D eigenvalue weighted by Crippen LogP contribution is -2.20. The lowest BCUT2D eigenvalue weighted by atomic mass is 9.96. The zero-order valence-corrected chi connectivity index (χ0v) is 17.8. The van der Waals surface area contributed by atoms with Crippen LogP contribution >= 0.6 is 0 Å². The Kier molecular flexibility index (Phi) is 5.05. The van der Waals surface area contributed by atoms with Crippen LogP contribution in [0.3, 0.4) is 0 Å². The van der Waals surface area contributed by atoms with Crippen molar-refractivity contribution in [2.45, 2.75) is 58.0 Å². The molecule has 1 fully saturated rings. The molecule has 0 unspecified atom stereocenters. The number of furan rings is 1. The van der Waals surface area contributed by atoms with E-state index < -0.39 is 0 Å². The maximum absolute atomic E-state index is 13.4. The summed E-state index contributed by atoms with van der Waals surface area (Å²) in [7, 11) is 0. The van der Waals surface area contributed by atoms with Crippen LogP contribution in [-0.2, 0) is 0 Å². The summed E-state index contributed by atoms with van der Waals surface area (Å²) in [5, 5.41) is 12.8. The molecule has 4 aromatic rings. The second-order valence-corrected chi connectivity index (χ2v) is 8.36. The van der Waals surface area contributed by atoms with Gasteiger partial charge in [-0.1, -0.05) is 19.3 Å². The fraction of sp³-hybridized carbons (Fsp3) is 0.391. The Morgan fingerprint density at radius 2 is 2.03 bits per heavy atom. The Morgan fingerprint density at radius 3 is 2.77 bits per heavy atom. The fourth-order valence-corrected chi connectivity index (χ4v) is 4.35. The minimum Gasteiger partial charge on any atom is -0.463 e. The summed E-state index contributed by atoms with van der Waals surface area (Å²) in [5.41, 5.74) is 1.78. The van der Waals surface area contributed by atoms with E-state index in [-0.39, 0.29) is 11.9 Å². The molecule has 0 aromatic carbocycles. The van der Waals surface area contributed by atoms with E-state index in [2.05, 4.69) is 15.5 Å². The number of aromatic nitrogens is 5. The third-order valence-corrected chi connectivity index (χ3v) is 5.91. The summed E-state index contributed by atoms with van der Waals surface area (Å²) in [4.78, 5) is 18.2. The van der Waals surface area contributed by atoms with Crippen LogP contribution in [0, 0.1) is 0 Å². The van der Waals surface area contributed by atoms with Gasteiger partial charge in [0.15, 0.2) is 11.4 Å². The average Bonchev–Trinajstić information content (AvgIpc) is 3.53. The van der Waals surface area contributed by atoms with E-state index in [1.54, 1.807) is 24.7 Å². The highest BCUT2D eigenvalue weighted by molar-refractivity contribution is 6.12. The summed E-state index contributed by atoms with van der Waals surface area (Å²) in [5.74, 6) is 1.12. The van der Waals surface area contributed by atoms with Crippen LogP contribution in [0.5, 0.6) is 0 Å². The van der Waals surface area contributed by atoms with E-state index >= 15 is 0 Å². The van der Waals surface area contributed by atoms with Gasteiger partial charge in [0.1, 0.15) is 11.5 Å². The molecule has 1 saturated carbocycles. The van der Waals surface area contributed by atoms with Crippen LogP contribution in [-0.4, -0.2) is 30.5 Å². The summed E-state index contributed by atoms with van der Waals surface area (Å²) >= 11 is 0. The van der Waals surface area contributed by atoms with Gasteiger partial charge in [0.25, 0.3) is 5.91 Å². The molecule has 8 nitrogen and oxygen atoms in total. The van der Waals surface area contributed by atoms with Crippen LogP contribution < -0.4 is 5.32 Å². The van der Waals surface area contributed by atoms with E-state index in [9.17, 15) is 4.79 Å². The third kappa shape index (κ3) is 3.62. The van der Waals surface area contributed by atoms with Crippen LogP contribution in [0.25, 0.3) is 22.5 Å². The highest BCUT2D eigenvalue weighted by Gasteiger charge is 2.22. The number of carbonyl (C=O) groups is 1. The quantitative estimate of drug-likeness (QED) is 0.479. The van der Waals surface area contributed by atoms with Gasteiger partial charge >= 0.3 is 0 Å². The van der Waals surface area contributed by atoms with Gasteiger partial charge in [-0.3, -0.25) is 4.79 Å². The first-order chi connectivity index (χ1) is 15.1. The summed E-state index contributed by atoms with van der Waals surface area (Å²) in [6, 6.07) is 7.72. The summed E-state index contributed by atoms with van der Waals surface area (Å²) < 4.78 is 9.33. The lowest BCUT2D eigenvalue weighted by Gasteiger charge is -2.24. The standard InChI is InChI=1S/C23H26N6O2/c1-15(2)28-22-18(14-25-28)17(13-19(26-22)20-9-6-12-31-20)23(30)27-21-10-11-24-29(21)16-7-4-3-5-8-16/h6,9-16H,3-5,7-8H2,1-2H3,(H,27,30). The number of hydrogen-bond donors (Lipinski definition) is 1. The monoisotopic (exact) mass is 418 g/mol. The molecule has 5 rings (SSSR count). The zero-order valence-electron chi connectivity index (χ0n) is 17.8. The molecular formula is C23H26N6O2. The molecule has 1 aliphatic carbocycles. The van der Waals surface area contributed by atoms with Crippen LogP contribution in [0.2, 0.25) is 0 Å². The number of nitrogens with zero attached hydrogens (tertiary/aromatic N) is 5. The Morgan fingerprint density at radius 1 is 1.19 bits per heavy atom. The minimum absolute atomic E-state index is 0.112. The van der Waals surface area contributed by atoms with E-state index in [4.69, 9.17) is 9.40 Å². The van der Waals surface area contributed by atoms with Crippen molar-refractivity contribution < 1.29 is 9.21 Å². The molecule has 1 amide bonds. The highest BCUT2D eigenvalue weighted by atomic mass is 16.3. The molecule has 1 N–H and O–H groups in total. The van der Waals surface area contributed by atoms with E-state index in [1.807, 2.05) is 41.4 Å². The number of rotatable bonds is 5. The SMILES string of the molecule is CC(C)n1ncc2c(C(=O)Nc3ccnn3C3CCCCC3)cc(-c3ccco3)nc21. The highest BCUT2D eigenvalue weighted by Crippen LogP contribution is 2.31. The first kappa shape index (κ1) is 19.5. The second kappa shape index (κ2) is 8.02. The third-order valence-electron chi connectivity index (χ3n) is 5.91. The smallest absolute Gasteiger partial charge is 0.257 e. The van der Waals surface area contributed by atoms with Crippen LogP contribution in [0.1, 0.15) is 68.4 Å². The van der Waals surface area contributed by atoms with E-state index in [0.717, 1.165) is 18.7 Å². The predicted octanol–water partition coefficient (Wildman–Crippen LogP) is 5.23. The summed E-state index contributed by atoms with van der Waals surface area (Å²) in [6.45, 7) is 4.08. The van der Waals surface area contributed by atoms with Gasteiger partial charge in [-0.2, -0.15) is 10.2 Å². The first-order valence-corrected chi connectivity index (χ1v) is 10.9. The largest absolute Gasteiger partial charge is 0.463 e. The molecule has 4 aromatic heterocycles. The minimum atomic E-state index is -0.207. The maximum atomic E-state index is 13.4. The number of fused-ring (bicyclic) bond motifs is 1. The fourth-order valence-electron chi connectivity index (χ4n) is 4.35. The van der Waals surface area contributed by atoms with E-state index in [1.165, 1.54) is 19.3 Å². The molecule has 0 aliphatic heterocycles. The van der Waals surface area contributed by atoms with Gasteiger partial charge in [-0.25, -0.2) is 14.3 Å². The van der Waals surface area contributed by atoms with Crippen molar-refractivity contribution in [2.75, 3.05) is 5.32 Å². The molecule has 0 bridgehead atoms.